The molecule has 0 aliphatic heterocycles. The van der Waals surface area contributed by atoms with E-state index in [4.69, 9.17) is 0 Å². The van der Waals surface area contributed by atoms with Crippen molar-refractivity contribution in [3.63, 3.8) is 0 Å². The number of aryl methyl sites for hydroxylation is 1. The van der Waals surface area contributed by atoms with Gasteiger partial charge in [-0.2, -0.15) is 11.3 Å². The third-order valence-electron chi connectivity index (χ3n) is 2.52. The Hall–Kier alpha value is -0.870. The van der Waals surface area contributed by atoms with E-state index in [0.29, 0.717) is 12.6 Å². The highest BCUT2D eigenvalue weighted by molar-refractivity contribution is 7.08. The lowest BCUT2D eigenvalue weighted by molar-refractivity contribution is 0.0954. The van der Waals surface area contributed by atoms with Crippen molar-refractivity contribution in [2.24, 2.45) is 0 Å². The molecule has 1 aliphatic rings. The molecule has 1 aromatic rings. The molecule has 0 atom stereocenters. The van der Waals surface area contributed by atoms with Crippen LogP contribution in [0.1, 0.15) is 28.8 Å². The highest BCUT2D eigenvalue weighted by Crippen LogP contribution is 2.17. The summed E-state index contributed by atoms with van der Waals surface area (Å²) in [7, 11) is 0. The number of carbonyl (C=O) groups excluding carboxylic acids is 1. The van der Waals surface area contributed by atoms with Gasteiger partial charge in [0, 0.05) is 24.5 Å². The van der Waals surface area contributed by atoms with E-state index in [-0.39, 0.29) is 5.91 Å². The number of hydrogen-bond acceptors (Lipinski definition) is 3. The molecule has 1 amide bonds. The first kappa shape index (κ1) is 10.6. The number of amides is 1. The van der Waals surface area contributed by atoms with Crippen molar-refractivity contribution in [1.29, 1.82) is 0 Å². The molecule has 3 nitrogen and oxygen atoms in total. The molecule has 15 heavy (non-hydrogen) atoms. The average Bonchev–Trinajstić information content (AvgIpc) is 2.94. The van der Waals surface area contributed by atoms with Gasteiger partial charge in [0.25, 0.3) is 5.91 Å². The molecule has 0 spiro atoms. The lowest BCUT2D eigenvalue weighted by Gasteiger charge is -2.05. The van der Waals surface area contributed by atoms with E-state index in [1.807, 2.05) is 17.7 Å². The lowest BCUT2D eigenvalue weighted by Crippen LogP contribution is -2.32. The molecule has 1 heterocycles. The maximum absolute atomic E-state index is 11.7. The van der Waals surface area contributed by atoms with Gasteiger partial charge in [0.2, 0.25) is 0 Å². The zero-order valence-electron chi connectivity index (χ0n) is 8.88. The van der Waals surface area contributed by atoms with E-state index in [1.54, 1.807) is 11.3 Å². The first-order chi connectivity index (χ1) is 7.27. The van der Waals surface area contributed by atoms with Crippen LogP contribution >= 0.6 is 11.3 Å². The van der Waals surface area contributed by atoms with Crippen LogP contribution in [0.5, 0.6) is 0 Å². The minimum atomic E-state index is 0.0475. The smallest absolute Gasteiger partial charge is 0.252 e. The SMILES string of the molecule is Cc1cscc1C(=O)NCCNC1CC1. The molecule has 1 aliphatic carbocycles. The molecule has 0 aromatic carbocycles. The topological polar surface area (TPSA) is 41.1 Å². The largest absolute Gasteiger partial charge is 0.351 e. The van der Waals surface area contributed by atoms with E-state index in [9.17, 15) is 4.79 Å². The van der Waals surface area contributed by atoms with Crippen LogP contribution < -0.4 is 10.6 Å². The fourth-order valence-corrected chi connectivity index (χ4v) is 2.26. The fraction of sp³-hybridized carbons (Fsp3) is 0.545. The summed E-state index contributed by atoms with van der Waals surface area (Å²) < 4.78 is 0. The predicted octanol–water partition coefficient (Wildman–Crippen LogP) is 1.54. The molecule has 82 valence electrons. The Morgan fingerprint density at radius 2 is 2.27 bits per heavy atom. The molecule has 0 saturated heterocycles. The van der Waals surface area contributed by atoms with Gasteiger partial charge in [0.15, 0.2) is 0 Å². The molecule has 0 radical (unpaired) electrons. The normalized spacial score (nSPS) is 15.3. The number of thiophene rings is 1. The summed E-state index contributed by atoms with van der Waals surface area (Å²) in [5.41, 5.74) is 1.87. The Morgan fingerprint density at radius 1 is 1.47 bits per heavy atom. The van der Waals surface area contributed by atoms with Gasteiger partial charge in [-0.15, -0.1) is 0 Å². The summed E-state index contributed by atoms with van der Waals surface area (Å²) in [5, 5.41) is 10.2. The molecular formula is C11H16N2OS. The maximum Gasteiger partial charge on any atom is 0.252 e. The Balaban J connectivity index is 1.69. The monoisotopic (exact) mass is 224 g/mol. The van der Waals surface area contributed by atoms with Crippen molar-refractivity contribution >= 4 is 17.2 Å². The first-order valence-corrected chi connectivity index (χ1v) is 6.26. The Morgan fingerprint density at radius 3 is 2.87 bits per heavy atom. The molecular weight excluding hydrogens is 208 g/mol. The van der Waals surface area contributed by atoms with Crippen molar-refractivity contribution in [2.45, 2.75) is 25.8 Å². The molecule has 4 heteroatoms. The summed E-state index contributed by atoms with van der Waals surface area (Å²) in [6, 6.07) is 0.713. The maximum atomic E-state index is 11.7. The van der Waals surface area contributed by atoms with Crippen LogP contribution in [0.25, 0.3) is 0 Å². The van der Waals surface area contributed by atoms with E-state index >= 15 is 0 Å². The third-order valence-corrected chi connectivity index (χ3v) is 3.38. The average molecular weight is 224 g/mol. The Bertz CT molecular complexity index is 344. The standard InChI is InChI=1S/C11H16N2OS/c1-8-6-15-7-10(8)11(14)13-5-4-12-9-2-3-9/h6-7,9,12H,2-5H2,1H3,(H,13,14). The van der Waals surface area contributed by atoms with Crippen molar-refractivity contribution in [1.82, 2.24) is 10.6 Å². The van der Waals surface area contributed by atoms with Crippen LogP contribution in [0.3, 0.4) is 0 Å². The summed E-state index contributed by atoms with van der Waals surface area (Å²) in [6.07, 6.45) is 2.58. The number of rotatable bonds is 5. The van der Waals surface area contributed by atoms with Gasteiger partial charge < -0.3 is 10.6 Å². The number of nitrogens with one attached hydrogen (secondary N) is 2. The highest BCUT2D eigenvalue weighted by Gasteiger charge is 2.19. The van der Waals surface area contributed by atoms with Crippen LogP contribution in [0.15, 0.2) is 10.8 Å². The van der Waals surface area contributed by atoms with E-state index in [0.717, 1.165) is 17.7 Å². The second kappa shape index (κ2) is 4.77. The molecule has 2 rings (SSSR count). The second-order valence-electron chi connectivity index (χ2n) is 3.95. The van der Waals surface area contributed by atoms with Crippen molar-refractivity contribution in [3.05, 3.63) is 21.9 Å². The zero-order chi connectivity index (χ0) is 10.7. The predicted molar refractivity (Wildman–Crippen MR) is 62.4 cm³/mol. The Labute approximate surface area is 93.9 Å². The lowest BCUT2D eigenvalue weighted by atomic mass is 10.2. The molecule has 0 unspecified atom stereocenters. The van der Waals surface area contributed by atoms with Crippen molar-refractivity contribution in [2.75, 3.05) is 13.1 Å². The van der Waals surface area contributed by atoms with Gasteiger partial charge >= 0.3 is 0 Å². The van der Waals surface area contributed by atoms with Gasteiger partial charge in [0.1, 0.15) is 0 Å². The van der Waals surface area contributed by atoms with Crippen LogP contribution in [0.2, 0.25) is 0 Å². The highest BCUT2D eigenvalue weighted by atomic mass is 32.1. The van der Waals surface area contributed by atoms with Crippen LogP contribution in [0, 0.1) is 6.92 Å². The van der Waals surface area contributed by atoms with E-state index in [1.165, 1.54) is 12.8 Å². The second-order valence-corrected chi connectivity index (χ2v) is 4.70. The van der Waals surface area contributed by atoms with Crippen molar-refractivity contribution in [3.8, 4) is 0 Å². The van der Waals surface area contributed by atoms with Crippen molar-refractivity contribution < 1.29 is 4.79 Å². The fourth-order valence-electron chi connectivity index (χ4n) is 1.43. The van der Waals surface area contributed by atoms with Crippen LogP contribution in [-0.2, 0) is 0 Å². The minimum absolute atomic E-state index is 0.0475. The van der Waals surface area contributed by atoms with Gasteiger partial charge in [-0.3, -0.25) is 4.79 Å². The van der Waals surface area contributed by atoms with Gasteiger partial charge in [0.05, 0.1) is 5.56 Å². The molecule has 1 fully saturated rings. The quantitative estimate of drug-likeness (QED) is 0.745. The number of hydrogen-bond donors (Lipinski definition) is 2. The zero-order valence-corrected chi connectivity index (χ0v) is 9.69. The molecule has 0 bridgehead atoms. The van der Waals surface area contributed by atoms with Gasteiger partial charge in [-0.1, -0.05) is 0 Å². The van der Waals surface area contributed by atoms with Crippen LogP contribution in [-0.4, -0.2) is 25.0 Å². The summed E-state index contributed by atoms with van der Waals surface area (Å²) in [5.74, 6) is 0.0475. The van der Waals surface area contributed by atoms with E-state index < -0.39 is 0 Å². The van der Waals surface area contributed by atoms with Crippen LogP contribution in [0.4, 0.5) is 0 Å². The molecule has 1 aromatic heterocycles. The molecule has 2 N–H and O–H groups in total. The number of carbonyl (C=O) groups is 1. The van der Waals surface area contributed by atoms with Gasteiger partial charge in [-0.05, 0) is 30.7 Å². The van der Waals surface area contributed by atoms with E-state index in [2.05, 4.69) is 10.6 Å². The minimum Gasteiger partial charge on any atom is -0.351 e. The van der Waals surface area contributed by atoms with Gasteiger partial charge in [-0.25, -0.2) is 0 Å². The summed E-state index contributed by atoms with van der Waals surface area (Å²) in [4.78, 5) is 11.7. The third kappa shape index (κ3) is 3.04. The summed E-state index contributed by atoms with van der Waals surface area (Å²) >= 11 is 1.57. The molecule has 1 saturated carbocycles. The summed E-state index contributed by atoms with van der Waals surface area (Å²) in [6.45, 7) is 3.55. The Kier molecular flexibility index (Phi) is 3.38. The first-order valence-electron chi connectivity index (χ1n) is 5.32.